The Morgan fingerprint density at radius 1 is 1.41 bits per heavy atom. The van der Waals surface area contributed by atoms with E-state index in [4.69, 9.17) is 5.73 Å². The summed E-state index contributed by atoms with van der Waals surface area (Å²) in [4.78, 5) is 0. The van der Waals surface area contributed by atoms with Crippen molar-refractivity contribution < 1.29 is 8.42 Å². The normalized spacial score (nSPS) is 12.1. The Labute approximate surface area is 110 Å². The highest BCUT2D eigenvalue weighted by Crippen LogP contribution is 2.13. The fraction of sp³-hybridized carbons (Fsp3) is 0.273. The van der Waals surface area contributed by atoms with Crippen LogP contribution in [0.1, 0.15) is 12.0 Å². The first-order chi connectivity index (χ1) is 8.03. The van der Waals surface area contributed by atoms with E-state index in [1.54, 1.807) is 6.08 Å². The quantitative estimate of drug-likeness (QED) is 0.784. The summed E-state index contributed by atoms with van der Waals surface area (Å²) in [5.41, 5.74) is 6.10. The molecular weight excluding hydrogens is 304 g/mol. The van der Waals surface area contributed by atoms with Crippen LogP contribution in [0.15, 0.2) is 34.1 Å². The van der Waals surface area contributed by atoms with Crippen LogP contribution < -0.4 is 10.5 Å². The highest BCUT2D eigenvalue weighted by atomic mass is 79.9. The van der Waals surface area contributed by atoms with Crippen LogP contribution >= 0.6 is 15.9 Å². The molecular formula is C11H15BrN2O2S. The van der Waals surface area contributed by atoms with Gasteiger partial charge in [-0.1, -0.05) is 28.1 Å². The molecule has 17 heavy (non-hydrogen) atoms. The van der Waals surface area contributed by atoms with Crippen molar-refractivity contribution in [1.29, 1.82) is 0 Å². The van der Waals surface area contributed by atoms with Gasteiger partial charge in [0, 0.05) is 16.4 Å². The number of sulfonamides is 1. The van der Waals surface area contributed by atoms with Crippen LogP contribution in [0, 0.1) is 0 Å². The molecule has 0 saturated heterocycles. The van der Waals surface area contributed by atoms with Gasteiger partial charge in [-0.05, 0) is 36.7 Å². The summed E-state index contributed by atoms with van der Waals surface area (Å²) >= 11 is 3.32. The Kier molecular flexibility index (Phi) is 5.84. The van der Waals surface area contributed by atoms with E-state index in [0.29, 0.717) is 19.5 Å². The monoisotopic (exact) mass is 318 g/mol. The lowest BCUT2D eigenvalue weighted by Gasteiger charge is -2.00. The molecule has 0 aliphatic carbocycles. The highest BCUT2D eigenvalue weighted by molar-refractivity contribution is 9.10. The average Bonchev–Trinajstić information content (AvgIpc) is 2.27. The minimum atomic E-state index is -3.37. The molecule has 0 saturated carbocycles. The van der Waals surface area contributed by atoms with Crippen molar-refractivity contribution in [2.24, 2.45) is 5.73 Å². The highest BCUT2D eigenvalue weighted by Gasteiger charge is 2.02. The van der Waals surface area contributed by atoms with Crippen molar-refractivity contribution in [3.63, 3.8) is 0 Å². The third-order valence-electron chi connectivity index (χ3n) is 1.97. The number of nitrogens with two attached hydrogens (primary N) is 1. The van der Waals surface area contributed by atoms with Crippen molar-refractivity contribution in [3.8, 4) is 0 Å². The van der Waals surface area contributed by atoms with E-state index in [1.165, 1.54) is 0 Å². The first-order valence-electron chi connectivity index (χ1n) is 5.17. The summed E-state index contributed by atoms with van der Waals surface area (Å²) in [6, 6.07) is 7.39. The molecule has 0 fully saturated rings. The molecule has 0 atom stereocenters. The van der Waals surface area contributed by atoms with Gasteiger partial charge in [0.15, 0.2) is 0 Å². The van der Waals surface area contributed by atoms with Crippen molar-refractivity contribution in [3.05, 3.63) is 39.7 Å². The topological polar surface area (TPSA) is 72.2 Å². The second-order valence-electron chi connectivity index (χ2n) is 3.44. The molecule has 0 bridgehead atoms. The van der Waals surface area contributed by atoms with Crippen LogP contribution in [0.3, 0.4) is 0 Å². The van der Waals surface area contributed by atoms with Gasteiger partial charge in [-0.15, -0.1) is 0 Å². The van der Waals surface area contributed by atoms with Crippen molar-refractivity contribution in [1.82, 2.24) is 4.72 Å². The molecule has 4 nitrogen and oxygen atoms in total. The third-order valence-corrected chi connectivity index (χ3v) is 3.57. The van der Waals surface area contributed by atoms with E-state index >= 15 is 0 Å². The number of halogens is 1. The number of hydrogen-bond acceptors (Lipinski definition) is 3. The fourth-order valence-electron chi connectivity index (χ4n) is 1.14. The molecule has 0 amide bonds. The summed E-state index contributed by atoms with van der Waals surface area (Å²) in [5, 5.41) is 1.16. The van der Waals surface area contributed by atoms with Gasteiger partial charge in [0.2, 0.25) is 10.0 Å². The summed E-state index contributed by atoms with van der Waals surface area (Å²) in [6.07, 6.45) is 2.18. The molecule has 1 aromatic rings. The van der Waals surface area contributed by atoms with Gasteiger partial charge >= 0.3 is 0 Å². The maximum Gasteiger partial charge on any atom is 0.233 e. The summed E-state index contributed by atoms with van der Waals surface area (Å²) in [7, 11) is -3.37. The van der Waals surface area contributed by atoms with E-state index in [1.807, 2.05) is 24.3 Å². The molecule has 0 radical (unpaired) electrons. The standard InChI is InChI=1S/C11H15BrN2O2S/c12-11-4-1-3-10(9-11)5-8-17(15,16)14-7-2-6-13/h1,3-5,8-9,14H,2,6-7,13H2. The van der Waals surface area contributed by atoms with Crippen molar-refractivity contribution in [2.45, 2.75) is 6.42 Å². The zero-order chi connectivity index (χ0) is 12.7. The predicted molar refractivity (Wildman–Crippen MR) is 73.8 cm³/mol. The maximum absolute atomic E-state index is 11.5. The van der Waals surface area contributed by atoms with Gasteiger partial charge in [0.25, 0.3) is 0 Å². The van der Waals surface area contributed by atoms with Crippen LogP contribution in [0.2, 0.25) is 0 Å². The van der Waals surface area contributed by atoms with Gasteiger partial charge in [-0.3, -0.25) is 0 Å². The zero-order valence-electron chi connectivity index (χ0n) is 9.27. The van der Waals surface area contributed by atoms with Gasteiger partial charge in [-0.25, -0.2) is 13.1 Å². The van der Waals surface area contributed by atoms with Gasteiger partial charge in [-0.2, -0.15) is 0 Å². The van der Waals surface area contributed by atoms with Crippen molar-refractivity contribution >= 4 is 32.0 Å². The third kappa shape index (κ3) is 5.97. The molecule has 0 aliphatic rings. The lowest BCUT2D eigenvalue weighted by molar-refractivity contribution is 0.589. The van der Waals surface area contributed by atoms with Crippen LogP contribution in [0.4, 0.5) is 0 Å². The molecule has 0 spiro atoms. The maximum atomic E-state index is 11.5. The summed E-state index contributed by atoms with van der Waals surface area (Å²) < 4.78 is 26.4. The summed E-state index contributed by atoms with van der Waals surface area (Å²) in [6.45, 7) is 0.833. The van der Waals surface area contributed by atoms with Crippen LogP contribution in [-0.2, 0) is 10.0 Å². The molecule has 94 valence electrons. The predicted octanol–water partition coefficient (Wildman–Crippen LogP) is 1.69. The number of rotatable bonds is 6. The molecule has 6 heteroatoms. The molecule has 0 unspecified atom stereocenters. The summed E-state index contributed by atoms with van der Waals surface area (Å²) in [5.74, 6) is 0. The first kappa shape index (κ1) is 14.4. The second kappa shape index (κ2) is 6.90. The fourth-order valence-corrected chi connectivity index (χ4v) is 2.42. The Bertz CT molecular complexity index is 486. The number of hydrogen-bond donors (Lipinski definition) is 2. The SMILES string of the molecule is NCCCNS(=O)(=O)C=Cc1cccc(Br)c1. The van der Waals surface area contributed by atoms with E-state index < -0.39 is 10.0 Å². The molecule has 1 aromatic carbocycles. The lowest BCUT2D eigenvalue weighted by Crippen LogP contribution is -2.24. The Morgan fingerprint density at radius 2 is 2.18 bits per heavy atom. The van der Waals surface area contributed by atoms with Gasteiger partial charge in [0.1, 0.15) is 0 Å². The molecule has 1 rings (SSSR count). The zero-order valence-corrected chi connectivity index (χ0v) is 11.7. The Morgan fingerprint density at radius 3 is 2.82 bits per heavy atom. The number of nitrogens with one attached hydrogen (secondary N) is 1. The molecule has 3 N–H and O–H groups in total. The van der Waals surface area contributed by atoms with Crippen molar-refractivity contribution in [2.75, 3.05) is 13.1 Å². The Hall–Kier alpha value is -0.690. The van der Waals surface area contributed by atoms with E-state index in [-0.39, 0.29) is 0 Å². The smallest absolute Gasteiger partial charge is 0.233 e. The van der Waals surface area contributed by atoms with Gasteiger partial charge in [0.05, 0.1) is 0 Å². The largest absolute Gasteiger partial charge is 0.330 e. The minimum absolute atomic E-state index is 0.363. The first-order valence-corrected chi connectivity index (χ1v) is 7.51. The average molecular weight is 319 g/mol. The number of benzene rings is 1. The van der Waals surface area contributed by atoms with E-state index in [2.05, 4.69) is 20.7 Å². The van der Waals surface area contributed by atoms with E-state index in [0.717, 1.165) is 15.4 Å². The van der Waals surface area contributed by atoms with Gasteiger partial charge < -0.3 is 5.73 Å². The lowest BCUT2D eigenvalue weighted by atomic mass is 10.2. The molecule has 0 aliphatic heterocycles. The van der Waals surface area contributed by atoms with Crippen LogP contribution in [0.5, 0.6) is 0 Å². The minimum Gasteiger partial charge on any atom is -0.330 e. The second-order valence-corrected chi connectivity index (χ2v) is 6.01. The Balaban J connectivity index is 2.64. The van der Waals surface area contributed by atoms with Crippen LogP contribution in [-0.4, -0.2) is 21.5 Å². The molecule has 0 heterocycles. The van der Waals surface area contributed by atoms with E-state index in [9.17, 15) is 8.42 Å². The molecule has 0 aromatic heterocycles. The van der Waals surface area contributed by atoms with Crippen LogP contribution in [0.25, 0.3) is 6.08 Å².